The Bertz CT molecular complexity index is 808. The predicted molar refractivity (Wildman–Crippen MR) is 89.7 cm³/mol. The number of methoxy groups -OCH3 is 1. The third-order valence-electron chi connectivity index (χ3n) is 3.48. The minimum atomic E-state index is -3.59. The summed E-state index contributed by atoms with van der Waals surface area (Å²) in [6.07, 6.45) is 0.371. The standard InChI is InChI=1S/C17H19F2NO4S/c1-12-3-6-14(7-4-12)25(21,22)20-10-9-13-5-8-15(24-17(18)19)16(11-13)23-2/h3-8,11,17,20H,9-10H2,1-2H3. The van der Waals surface area contributed by atoms with Crippen LogP contribution in [0.25, 0.3) is 0 Å². The summed E-state index contributed by atoms with van der Waals surface area (Å²) in [5.41, 5.74) is 1.70. The molecule has 0 atom stereocenters. The maximum atomic E-state index is 12.3. The van der Waals surface area contributed by atoms with E-state index in [0.717, 1.165) is 11.1 Å². The van der Waals surface area contributed by atoms with E-state index in [1.54, 1.807) is 18.2 Å². The molecule has 0 amide bonds. The van der Waals surface area contributed by atoms with E-state index in [1.807, 2.05) is 6.92 Å². The lowest BCUT2D eigenvalue weighted by molar-refractivity contribution is -0.0512. The fraction of sp³-hybridized carbons (Fsp3) is 0.294. The first kappa shape index (κ1) is 19.1. The van der Waals surface area contributed by atoms with Gasteiger partial charge in [0.2, 0.25) is 10.0 Å². The van der Waals surface area contributed by atoms with Crippen LogP contribution in [0, 0.1) is 6.92 Å². The molecular weight excluding hydrogens is 352 g/mol. The van der Waals surface area contributed by atoms with Gasteiger partial charge in [0.05, 0.1) is 12.0 Å². The van der Waals surface area contributed by atoms with Gasteiger partial charge >= 0.3 is 6.61 Å². The summed E-state index contributed by atoms with van der Waals surface area (Å²) in [5.74, 6) is 0.0978. The minimum Gasteiger partial charge on any atom is -0.493 e. The average Bonchev–Trinajstić information content (AvgIpc) is 2.56. The zero-order chi connectivity index (χ0) is 18.4. The maximum absolute atomic E-state index is 12.3. The van der Waals surface area contributed by atoms with Gasteiger partial charge in [-0.1, -0.05) is 23.8 Å². The molecule has 0 radical (unpaired) electrons. The highest BCUT2D eigenvalue weighted by Crippen LogP contribution is 2.29. The molecule has 2 aromatic rings. The smallest absolute Gasteiger partial charge is 0.387 e. The number of aryl methyl sites for hydroxylation is 1. The first-order chi connectivity index (χ1) is 11.8. The zero-order valence-corrected chi connectivity index (χ0v) is 14.6. The Morgan fingerprint density at radius 1 is 1.08 bits per heavy atom. The van der Waals surface area contributed by atoms with Crippen LogP contribution in [0.4, 0.5) is 8.78 Å². The van der Waals surface area contributed by atoms with Gasteiger partial charge < -0.3 is 9.47 Å². The summed E-state index contributed by atoms with van der Waals surface area (Å²) in [5, 5.41) is 0. The van der Waals surface area contributed by atoms with Crippen LogP contribution in [0.5, 0.6) is 11.5 Å². The Morgan fingerprint density at radius 3 is 2.36 bits per heavy atom. The van der Waals surface area contributed by atoms with Crippen molar-refractivity contribution in [2.75, 3.05) is 13.7 Å². The van der Waals surface area contributed by atoms with Gasteiger partial charge in [0.25, 0.3) is 0 Å². The minimum absolute atomic E-state index is 0.0681. The number of hydrogen-bond donors (Lipinski definition) is 1. The van der Waals surface area contributed by atoms with Crippen molar-refractivity contribution in [2.45, 2.75) is 24.9 Å². The van der Waals surface area contributed by atoms with Crippen LogP contribution < -0.4 is 14.2 Å². The van der Waals surface area contributed by atoms with E-state index in [-0.39, 0.29) is 22.9 Å². The van der Waals surface area contributed by atoms with Crippen molar-refractivity contribution >= 4 is 10.0 Å². The van der Waals surface area contributed by atoms with E-state index in [2.05, 4.69) is 9.46 Å². The molecule has 0 aromatic heterocycles. The molecule has 0 fully saturated rings. The van der Waals surface area contributed by atoms with Crippen molar-refractivity contribution in [3.8, 4) is 11.5 Å². The number of ether oxygens (including phenoxy) is 2. The van der Waals surface area contributed by atoms with Crippen molar-refractivity contribution in [3.05, 3.63) is 53.6 Å². The van der Waals surface area contributed by atoms with Gasteiger partial charge in [0.15, 0.2) is 11.5 Å². The lowest BCUT2D eigenvalue weighted by Gasteiger charge is -2.12. The Morgan fingerprint density at radius 2 is 1.76 bits per heavy atom. The number of alkyl halides is 2. The molecule has 8 heteroatoms. The van der Waals surface area contributed by atoms with E-state index in [4.69, 9.17) is 4.74 Å². The van der Waals surface area contributed by atoms with Crippen LogP contribution in [0.15, 0.2) is 47.4 Å². The molecule has 0 saturated carbocycles. The monoisotopic (exact) mass is 371 g/mol. The van der Waals surface area contributed by atoms with Crippen LogP contribution in [0.1, 0.15) is 11.1 Å². The molecule has 25 heavy (non-hydrogen) atoms. The number of hydrogen-bond acceptors (Lipinski definition) is 4. The van der Waals surface area contributed by atoms with E-state index < -0.39 is 16.6 Å². The van der Waals surface area contributed by atoms with E-state index in [1.165, 1.54) is 31.4 Å². The summed E-state index contributed by atoms with van der Waals surface area (Å²) in [6, 6.07) is 11.0. The molecule has 0 aliphatic carbocycles. The summed E-state index contributed by atoms with van der Waals surface area (Å²) in [4.78, 5) is 0.191. The molecule has 0 unspecified atom stereocenters. The van der Waals surface area contributed by atoms with Gasteiger partial charge in [-0.05, 0) is 43.2 Å². The predicted octanol–water partition coefficient (Wildman–Crippen LogP) is 3.13. The van der Waals surface area contributed by atoms with E-state index in [0.29, 0.717) is 6.42 Å². The molecule has 0 aliphatic heterocycles. The Labute approximate surface area is 145 Å². The van der Waals surface area contributed by atoms with Gasteiger partial charge in [-0.15, -0.1) is 0 Å². The lowest BCUT2D eigenvalue weighted by atomic mass is 10.1. The van der Waals surface area contributed by atoms with E-state index in [9.17, 15) is 17.2 Å². The zero-order valence-electron chi connectivity index (χ0n) is 13.8. The lowest BCUT2D eigenvalue weighted by Crippen LogP contribution is -2.26. The molecule has 136 valence electrons. The van der Waals surface area contributed by atoms with Crippen molar-refractivity contribution in [1.29, 1.82) is 0 Å². The summed E-state index contributed by atoms with van der Waals surface area (Å²) in [6.45, 7) is -0.909. The highest BCUT2D eigenvalue weighted by molar-refractivity contribution is 7.89. The van der Waals surface area contributed by atoms with Crippen molar-refractivity contribution in [3.63, 3.8) is 0 Å². The maximum Gasteiger partial charge on any atom is 0.387 e. The second kappa shape index (κ2) is 8.26. The van der Waals surface area contributed by atoms with Crippen LogP contribution >= 0.6 is 0 Å². The molecule has 0 bridgehead atoms. The molecule has 1 N–H and O–H groups in total. The Hall–Kier alpha value is -2.19. The van der Waals surface area contributed by atoms with E-state index >= 15 is 0 Å². The second-order valence-corrected chi connectivity index (χ2v) is 7.09. The molecule has 0 spiro atoms. The highest BCUT2D eigenvalue weighted by Gasteiger charge is 2.14. The topological polar surface area (TPSA) is 64.6 Å². The third kappa shape index (κ3) is 5.40. The fourth-order valence-corrected chi connectivity index (χ4v) is 3.22. The van der Waals surface area contributed by atoms with Gasteiger partial charge in [-0.2, -0.15) is 8.78 Å². The number of sulfonamides is 1. The number of benzene rings is 2. The van der Waals surface area contributed by atoms with Crippen LogP contribution in [-0.2, 0) is 16.4 Å². The summed E-state index contributed by atoms with van der Waals surface area (Å²) >= 11 is 0. The van der Waals surface area contributed by atoms with Gasteiger partial charge in [0.1, 0.15) is 0 Å². The summed E-state index contributed by atoms with van der Waals surface area (Å²) < 4.78 is 60.9. The molecular formula is C17H19F2NO4S. The number of rotatable bonds is 8. The third-order valence-corrected chi connectivity index (χ3v) is 4.96. The van der Waals surface area contributed by atoms with Crippen molar-refractivity contribution in [2.24, 2.45) is 0 Å². The molecule has 2 aromatic carbocycles. The molecule has 2 rings (SSSR count). The second-order valence-electron chi connectivity index (χ2n) is 5.32. The van der Waals surface area contributed by atoms with Crippen molar-refractivity contribution in [1.82, 2.24) is 4.72 Å². The SMILES string of the molecule is COc1cc(CCNS(=O)(=O)c2ccc(C)cc2)ccc1OC(F)F. The van der Waals surface area contributed by atoms with Crippen LogP contribution in [-0.4, -0.2) is 28.7 Å². The van der Waals surface area contributed by atoms with Gasteiger partial charge in [-0.25, -0.2) is 13.1 Å². The first-order valence-corrected chi connectivity index (χ1v) is 8.98. The molecule has 0 aliphatic rings. The molecule has 5 nitrogen and oxygen atoms in total. The average molecular weight is 371 g/mol. The molecule has 0 saturated heterocycles. The largest absolute Gasteiger partial charge is 0.493 e. The van der Waals surface area contributed by atoms with Crippen LogP contribution in [0.3, 0.4) is 0 Å². The Kier molecular flexibility index (Phi) is 6.33. The fourth-order valence-electron chi connectivity index (χ4n) is 2.19. The molecule has 0 heterocycles. The van der Waals surface area contributed by atoms with Gasteiger partial charge in [0, 0.05) is 6.54 Å². The Balaban J connectivity index is 2.00. The normalized spacial score (nSPS) is 11.6. The highest BCUT2D eigenvalue weighted by atomic mass is 32.2. The number of halogens is 2. The quantitative estimate of drug-likeness (QED) is 0.774. The first-order valence-electron chi connectivity index (χ1n) is 7.50. The van der Waals surface area contributed by atoms with Gasteiger partial charge in [-0.3, -0.25) is 0 Å². The van der Waals surface area contributed by atoms with Crippen molar-refractivity contribution < 1.29 is 26.7 Å². The number of nitrogens with one attached hydrogen (secondary N) is 1. The summed E-state index contributed by atoms with van der Waals surface area (Å²) in [7, 11) is -2.25. The van der Waals surface area contributed by atoms with Crippen LogP contribution in [0.2, 0.25) is 0 Å².